The van der Waals surface area contributed by atoms with Crippen LogP contribution >= 0.6 is 11.8 Å². The average molecular weight is 260 g/mol. The Kier molecular flexibility index (Phi) is 3.23. The number of rotatable bonds is 1. The highest BCUT2D eigenvalue weighted by Gasteiger charge is 2.15. The van der Waals surface area contributed by atoms with E-state index < -0.39 is 0 Å². The van der Waals surface area contributed by atoms with E-state index in [4.69, 9.17) is 5.73 Å². The Bertz CT molecular complexity index is 550. The van der Waals surface area contributed by atoms with Crippen molar-refractivity contribution in [2.45, 2.75) is 6.42 Å². The van der Waals surface area contributed by atoms with E-state index in [2.05, 4.69) is 20.9 Å². The Morgan fingerprint density at radius 1 is 1.11 bits per heavy atom. The van der Waals surface area contributed by atoms with E-state index >= 15 is 0 Å². The van der Waals surface area contributed by atoms with Crippen LogP contribution in [0, 0.1) is 0 Å². The van der Waals surface area contributed by atoms with Crippen molar-refractivity contribution in [2.24, 2.45) is 0 Å². The van der Waals surface area contributed by atoms with Crippen molar-refractivity contribution >= 4 is 34.4 Å². The molecule has 2 aromatic rings. The highest BCUT2D eigenvalue weighted by atomic mass is 32.2. The quantitative estimate of drug-likeness (QED) is 0.851. The van der Waals surface area contributed by atoms with Gasteiger partial charge in [-0.05, 0) is 24.3 Å². The SMILES string of the molecule is Nc1nc(N2CCCSCC2)c2ccccc2n1. The molecule has 4 nitrogen and oxygen atoms in total. The molecular formula is C13H16N4S. The molecule has 1 aliphatic heterocycles. The minimum atomic E-state index is 0.362. The number of hydrogen-bond acceptors (Lipinski definition) is 5. The van der Waals surface area contributed by atoms with Crippen LogP contribution in [0.4, 0.5) is 11.8 Å². The van der Waals surface area contributed by atoms with Crippen LogP contribution in [0.5, 0.6) is 0 Å². The van der Waals surface area contributed by atoms with Crippen molar-refractivity contribution in [3.63, 3.8) is 0 Å². The first kappa shape index (κ1) is 11.6. The number of thioether (sulfide) groups is 1. The first-order valence-electron chi connectivity index (χ1n) is 6.19. The van der Waals surface area contributed by atoms with E-state index in [9.17, 15) is 0 Å². The summed E-state index contributed by atoms with van der Waals surface area (Å²) in [5, 5.41) is 1.10. The monoisotopic (exact) mass is 260 g/mol. The molecular weight excluding hydrogens is 244 g/mol. The second-order valence-electron chi connectivity index (χ2n) is 4.38. The number of hydrogen-bond donors (Lipinski definition) is 1. The van der Waals surface area contributed by atoms with Gasteiger partial charge in [0.2, 0.25) is 5.95 Å². The summed E-state index contributed by atoms with van der Waals surface area (Å²) in [5.41, 5.74) is 6.74. The number of nitrogen functional groups attached to an aromatic ring is 1. The summed E-state index contributed by atoms with van der Waals surface area (Å²) in [5.74, 6) is 3.73. The highest BCUT2D eigenvalue weighted by molar-refractivity contribution is 7.99. The second kappa shape index (κ2) is 5.02. The molecule has 2 heterocycles. The lowest BCUT2D eigenvalue weighted by molar-refractivity contribution is 0.805. The third-order valence-electron chi connectivity index (χ3n) is 3.12. The number of nitrogens with two attached hydrogens (primary N) is 1. The summed E-state index contributed by atoms with van der Waals surface area (Å²) in [6.45, 7) is 2.08. The van der Waals surface area contributed by atoms with Crippen molar-refractivity contribution in [2.75, 3.05) is 35.2 Å². The number of para-hydroxylation sites is 1. The third kappa shape index (κ3) is 2.22. The van der Waals surface area contributed by atoms with Crippen LogP contribution in [0.25, 0.3) is 10.9 Å². The van der Waals surface area contributed by atoms with Crippen LogP contribution in [-0.4, -0.2) is 34.6 Å². The fraction of sp³-hybridized carbons (Fsp3) is 0.385. The van der Waals surface area contributed by atoms with E-state index in [0.29, 0.717) is 5.95 Å². The molecule has 94 valence electrons. The van der Waals surface area contributed by atoms with Gasteiger partial charge in [0, 0.05) is 24.2 Å². The third-order valence-corrected chi connectivity index (χ3v) is 4.17. The van der Waals surface area contributed by atoms with Crippen molar-refractivity contribution < 1.29 is 0 Å². The van der Waals surface area contributed by atoms with E-state index in [-0.39, 0.29) is 0 Å². The average Bonchev–Trinajstić information content (AvgIpc) is 2.66. The molecule has 0 radical (unpaired) electrons. The molecule has 0 aliphatic carbocycles. The largest absolute Gasteiger partial charge is 0.368 e. The summed E-state index contributed by atoms with van der Waals surface area (Å²) in [4.78, 5) is 11.1. The van der Waals surface area contributed by atoms with Crippen molar-refractivity contribution in [1.82, 2.24) is 9.97 Å². The van der Waals surface area contributed by atoms with Crippen molar-refractivity contribution in [1.29, 1.82) is 0 Å². The van der Waals surface area contributed by atoms with Gasteiger partial charge in [-0.15, -0.1) is 0 Å². The molecule has 2 N–H and O–H groups in total. The molecule has 1 aromatic heterocycles. The Hall–Kier alpha value is -1.49. The zero-order valence-electron chi connectivity index (χ0n) is 10.2. The van der Waals surface area contributed by atoms with Crippen molar-refractivity contribution in [3.05, 3.63) is 24.3 Å². The molecule has 0 bridgehead atoms. The van der Waals surface area contributed by atoms with Gasteiger partial charge in [-0.2, -0.15) is 16.7 Å². The van der Waals surface area contributed by atoms with Gasteiger partial charge < -0.3 is 10.6 Å². The van der Waals surface area contributed by atoms with Crippen LogP contribution in [0.1, 0.15) is 6.42 Å². The summed E-state index contributed by atoms with van der Waals surface area (Å²) in [6.07, 6.45) is 1.20. The molecule has 0 atom stereocenters. The van der Waals surface area contributed by atoms with Gasteiger partial charge >= 0.3 is 0 Å². The van der Waals surface area contributed by atoms with E-state index in [1.807, 2.05) is 30.0 Å². The zero-order chi connectivity index (χ0) is 12.4. The first-order chi connectivity index (χ1) is 8.84. The number of nitrogens with zero attached hydrogens (tertiary/aromatic N) is 3. The molecule has 1 fully saturated rings. The fourth-order valence-electron chi connectivity index (χ4n) is 2.28. The van der Waals surface area contributed by atoms with Crippen LogP contribution in [0.15, 0.2) is 24.3 Å². The van der Waals surface area contributed by atoms with Gasteiger partial charge in [-0.25, -0.2) is 4.98 Å². The van der Waals surface area contributed by atoms with Gasteiger partial charge in [0.25, 0.3) is 0 Å². The van der Waals surface area contributed by atoms with Crippen LogP contribution < -0.4 is 10.6 Å². The first-order valence-corrected chi connectivity index (χ1v) is 7.35. The summed E-state index contributed by atoms with van der Waals surface area (Å²) in [7, 11) is 0. The smallest absolute Gasteiger partial charge is 0.222 e. The standard InChI is InChI=1S/C13H16N4S/c14-13-15-11-5-2-1-4-10(11)12(16-13)17-6-3-8-18-9-7-17/h1-2,4-5H,3,6-9H2,(H2,14,15,16). The molecule has 0 unspecified atom stereocenters. The molecule has 1 saturated heterocycles. The predicted octanol–water partition coefficient (Wildman–Crippen LogP) is 2.16. The minimum Gasteiger partial charge on any atom is -0.368 e. The molecule has 1 aromatic carbocycles. The van der Waals surface area contributed by atoms with Crippen LogP contribution in [0.2, 0.25) is 0 Å². The molecule has 3 rings (SSSR count). The normalized spacial score (nSPS) is 16.8. The molecule has 18 heavy (non-hydrogen) atoms. The number of anilines is 2. The minimum absolute atomic E-state index is 0.362. The van der Waals surface area contributed by atoms with Crippen molar-refractivity contribution in [3.8, 4) is 0 Å². The van der Waals surface area contributed by atoms with Gasteiger partial charge in [0.1, 0.15) is 5.82 Å². The van der Waals surface area contributed by atoms with E-state index in [1.54, 1.807) is 0 Å². The van der Waals surface area contributed by atoms with E-state index in [0.717, 1.165) is 35.6 Å². The summed E-state index contributed by atoms with van der Waals surface area (Å²) in [6, 6.07) is 8.07. The van der Waals surface area contributed by atoms with Crippen LogP contribution in [0.3, 0.4) is 0 Å². The Morgan fingerprint density at radius 3 is 2.94 bits per heavy atom. The molecule has 0 saturated carbocycles. The van der Waals surface area contributed by atoms with Gasteiger partial charge in [-0.1, -0.05) is 12.1 Å². The fourth-order valence-corrected chi connectivity index (χ4v) is 3.16. The Morgan fingerprint density at radius 2 is 2.00 bits per heavy atom. The maximum Gasteiger partial charge on any atom is 0.222 e. The molecule has 0 amide bonds. The summed E-state index contributed by atoms with van der Waals surface area (Å²) < 4.78 is 0. The highest BCUT2D eigenvalue weighted by Crippen LogP contribution is 2.26. The number of fused-ring (bicyclic) bond motifs is 1. The molecule has 5 heteroatoms. The second-order valence-corrected chi connectivity index (χ2v) is 5.60. The maximum atomic E-state index is 5.82. The zero-order valence-corrected chi connectivity index (χ0v) is 11.0. The number of aromatic nitrogens is 2. The lowest BCUT2D eigenvalue weighted by Crippen LogP contribution is -2.27. The lowest BCUT2D eigenvalue weighted by Gasteiger charge is -2.22. The lowest BCUT2D eigenvalue weighted by atomic mass is 10.2. The Labute approximate surface area is 111 Å². The van der Waals surface area contributed by atoms with Crippen LogP contribution in [-0.2, 0) is 0 Å². The maximum absolute atomic E-state index is 5.82. The molecule has 1 aliphatic rings. The van der Waals surface area contributed by atoms with Gasteiger partial charge in [0.15, 0.2) is 0 Å². The summed E-state index contributed by atoms with van der Waals surface area (Å²) >= 11 is 2.01. The van der Waals surface area contributed by atoms with Gasteiger partial charge in [0.05, 0.1) is 5.52 Å². The van der Waals surface area contributed by atoms with E-state index in [1.165, 1.54) is 12.2 Å². The Balaban J connectivity index is 2.08. The topological polar surface area (TPSA) is 55.0 Å². The predicted molar refractivity (Wildman–Crippen MR) is 78.1 cm³/mol. The number of benzene rings is 1. The molecule has 0 spiro atoms. The van der Waals surface area contributed by atoms with Gasteiger partial charge in [-0.3, -0.25) is 0 Å².